The van der Waals surface area contributed by atoms with Gasteiger partial charge < -0.3 is 10.5 Å². The normalized spacial score (nSPS) is 25.4. The summed E-state index contributed by atoms with van der Waals surface area (Å²) in [5, 5.41) is 0. The van der Waals surface area contributed by atoms with Gasteiger partial charge in [0.1, 0.15) is 5.82 Å². The summed E-state index contributed by atoms with van der Waals surface area (Å²) < 4.78 is 17.8. The summed E-state index contributed by atoms with van der Waals surface area (Å²) in [4.78, 5) is 6.37. The van der Waals surface area contributed by atoms with Gasteiger partial charge in [0.25, 0.3) is 0 Å². The van der Waals surface area contributed by atoms with Crippen LogP contribution >= 0.6 is 0 Å². The fraction of sp³-hybridized carbons (Fsp3) is 0.583. The average Bonchev–Trinajstić information content (AvgIpc) is 2.69. The Bertz CT molecular complexity index is 357. The first-order valence-electron chi connectivity index (χ1n) is 5.79. The molecule has 2 heterocycles. The van der Waals surface area contributed by atoms with Crippen molar-refractivity contribution in [3.8, 4) is 0 Å². The smallest absolute Gasteiger partial charge is 0.141 e. The van der Waals surface area contributed by atoms with E-state index in [0.717, 1.165) is 25.3 Å². The highest BCUT2D eigenvalue weighted by Crippen LogP contribution is 2.24. The van der Waals surface area contributed by atoms with Crippen molar-refractivity contribution in [2.24, 2.45) is 5.73 Å². The maximum absolute atomic E-state index is 12.8. The van der Waals surface area contributed by atoms with E-state index >= 15 is 0 Å². The number of ether oxygens (including phenoxy) is 1. The van der Waals surface area contributed by atoms with Gasteiger partial charge in [-0.2, -0.15) is 0 Å². The molecule has 4 nitrogen and oxygen atoms in total. The van der Waals surface area contributed by atoms with E-state index in [2.05, 4.69) is 9.88 Å². The lowest BCUT2D eigenvalue weighted by atomic mass is 10.00. The molecule has 0 saturated carbocycles. The SMILES string of the molecule is COCCN1CC(c2ccc(F)cn2)[C@H](N)C1. The minimum atomic E-state index is -0.309. The molecule has 0 spiro atoms. The number of pyridine rings is 1. The largest absolute Gasteiger partial charge is 0.383 e. The van der Waals surface area contributed by atoms with Gasteiger partial charge in [0, 0.05) is 44.4 Å². The number of nitrogens with zero attached hydrogens (tertiary/aromatic N) is 2. The molecule has 2 atom stereocenters. The maximum atomic E-state index is 12.8. The molecule has 1 aliphatic rings. The van der Waals surface area contributed by atoms with E-state index in [-0.39, 0.29) is 17.8 Å². The Morgan fingerprint density at radius 2 is 2.35 bits per heavy atom. The number of aromatic nitrogens is 1. The van der Waals surface area contributed by atoms with Crippen molar-refractivity contribution in [3.05, 3.63) is 29.8 Å². The molecule has 2 N–H and O–H groups in total. The molecule has 1 aromatic heterocycles. The highest BCUT2D eigenvalue weighted by molar-refractivity contribution is 5.16. The number of hydrogen-bond donors (Lipinski definition) is 1. The van der Waals surface area contributed by atoms with Gasteiger partial charge in [-0.25, -0.2) is 4.39 Å². The fourth-order valence-corrected chi connectivity index (χ4v) is 2.24. The standard InChI is InChI=1S/C12H18FN3O/c1-17-5-4-16-7-10(11(14)8-16)12-3-2-9(13)6-15-12/h2-3,6,10-11H,4-5,7-8,14H2,1H3/t10?,11-/m1/s1. The van der Waals surface area contributed by atoms with Crippen molar-refractivity contribution >= 4 is 0 Å². The Morgan fingerprint density at radius 1 is 1.53 bits per heavy atom. The van der Waals surface area contributed by atoms with Gasteiger partial charge in [-0.15, -0.1) is 0 Å². The third-order valence-electron chi connectivity index (χ3n) is 3.18. The molecule has 2 rings (SSSR count). The van der Waals surface area contributed by atoms with Crippen LogP contribution in [0.5, 0.6) is 0 Å². The van der Waals surface area contributed by atoms with Crippen molar-refractivity contribution < 1.29 is 9.13 Å². The molecule has 5 heteroatoms. The predicted octanol–water partition coefficient (Wildman–Crippen LogP) is 0.594. The highest BCUT2D eigenvalue weighted by atomic mass is 19.1. The van der Waals surface area contributed by atoms with Crippen LogP contribution in [0.4, 0.5) is 4.39 Å². The first-order chi connectivity index (χ1) is 8.20. The van der Waals surface area contributed by atoms with Crippen LogP contribution in [-0.4, -0.2) is 49.3 Å². The van der Waals surface area contributed by atoms with Gasteiger partial charge in [-0.05, 0) is 12.1 Å². The topological polar surface area (TPSA) is 51.4 Å². The zero-order valence-electron chi connectivity index (χ0n) is 9.97. The zero-order chi connectivity index (χ0) is 12.3. The van der Waals surface area contributed by atoms with Crippen LogP contribution in [0, 0.1) is 5.82 Å². The van der Waals surface area contributed by atoms with Crippen LogP contribution < -0.4 is 5.73 Å². The van der Waals surface area contributed by atoms with Crippen LogP contribution in [0.1, 0.15) is 11.6 Å². The zero-order valence-corrected chi connectivity index (χ0v) is 9.97. The second-order valence-electron chi connectivity index (χ2n) is 4.42. The lowest BCUT2D eigenvalue weighted by molar-refractivity contribution is 0.159. The molecule has 1 unspecified atom stereocenters. The maximum Gasteiger partial charge on any atom is 0.141 e. The quantitative estimate of drug-likeness (QED) is 0.835. The third kappa shape index (κ3) is 3.00. The van der Waals surface area contributed by atoms with Crippen molar-refractivity contribution in [3.63, 3.8) is 0 Å². The van der Waals surface area contributed by atoms with Crippen LogP contribution in [-0.2, 0) is 4.74 Å². The molecule has 1 aromatic rings. The molecule has 94 valence electrons. The summed E-state index contributed by atoms with van der Waals surface area (Å²) in [6, 6.07) is 3.22. The Labute approximate surface area is 101 Å². The van der Waals surface area contributed by atoms with Crippen molar-refractivity contribution in [2.75, 3.05) is 33.4 Å². The Kier molecular flexibility index (Phi) is 4.04. The van der Waals surface area contributed by atoms with Crippen LogP contribution in [0.25, 0.3) is 0 Å². The molecule has 0 bridgehead atoms. The van der Waals surface area contributed by atoms with Crippen molar-refractivity contribution in [1.82, 2.24) is 9.88 Å². The minimum absolute atomic E-state index is 0.0600. The molecule has 0 aromatic carbocycles. The second-order valence-corrected chi connectivity index (χ2v) is 4.42. The predicted molar refractivity (Wildman–Crippen MR) is 63.2 cm³/mol. The van der Waals surface area contributed by atoms with Crippen molar-refractivity contribution in [1.29, 1.82) is 0 Å². The summed E-state index contributed by atoms with van der Waals surface area (Å²) in [6.07, 6.45) is 1.25. The Morgan fingerprint density at radius 3 is 3.00 bits per heavy atom. The summed E-state index contributed by atoms with van der Waals surface area (Å²) in [7, 11) is 1.69. The fourth-order valence-electron chi connectivity index (χ4n) is 2.24. The van der Waals surface area contributed by atoms with E-state index in [0.29, 0.717) is 6.61 Å². The van der Waals surface area contributed by atoms with Gasteiger partial charge in [0.2, 0.25) is 0 Å². The van der Waals surface area contributed by atoms with E-state index in [4.69, 9.17) is 10.5 Å². The molecule has 1 fully saturated rings. The number of hydrogen-bond acceptors (Lipinski definition) is 4. The number of methoxy groups -OCH3 is 1. The number of rotatable bonds is 4. The first kappa shape index (κ1) is 12.4. The number of likely N-dealkylation sites (tertiary alicyclic amines) is 1. The Hall–Kier alpha value is -1.04. The van der Waals surface area contributed by atoms with Gasteiger partial charge in [-0.1, -0.05) is 0 Å². The van der Waals surface area contributed by atoms with E-state index < -0.39 is 0 Å². The van der Waals surface area contributed by atoms with Gasteiger partial charge >= 0.3 is 0 Å². The van der Waals surface area contributed by atoms with E-state index in [1.807, 2.05) is 0 Å². The molecule has 1 saturated heterocycles. The van der Waals surface area contributed by atoms with E-state index in [1.165, 1.54) is 12.3 Å². The second kappa shape index (κ2) is 5.53. The highest BCUT2D eigenvalue weighted by Gasteiger charge is 2.31. The van der Waals surface area contributed by atoms with E-state index in [9.17, 15) is 4.39 Å². The minimum Gasteiger partial charge on any atom is -0.383 e. The third-order valence-corrected chi connectivity index (χ3v) is 3.18. The lowest BCUT2D eigenvalue weighted by Crippen LogP contribution is -2.30. The molecule has 17 heavy (non-hydrogen) atoms. The summed E-state index contributed by atoms with van der Waals surface area (Å²) in [6.45, 7) is 3.29. The van der Waals surface area contributed by atoms with Crippen LogP contribution in [0.2, 0.25) is 0 Å². The van der Waals surface area contributed by atoms with Crippen LogP contribution in [0.3, 0.4) is 0 Å². The first-order valence-corrected chi connectivity index (χ1v) is 5.79. The Balaban J connectivity index is 2.00. The molecule has 0 radical (unpaired) electrons. The number of nitrogens with two attached hydrogens (primary N) is 1. The van der Waals surface area contributed by atoms with E-state index in [1.54, 1.807) is 13.2 Å². The van der Waals surface area contributed by atoms with Crippen LogP contribution in [0.15, 0.2) is 18.3 Å². The summed E-state index contributed by atoms with van der Waals surface area (Å²) in [5.74, 6) is -0.121. The molecule has 0 aliphatic carbocycles. The van der Waals surface area contributed by atoms with Gasteiger partial charge in [-0.3, -0.25) is 9.88 Å². The average molecular weight is 239 g/mol. The van der Waals surface area contributed by atoms with Crippen molar-refractivity contribution in [2.45, 2.75) is 12.0 Å². The van der Waals surface area contributed by atoms with Gasteiger partial charge in [0.15, 0.2) is 0 Å². The van der Waals surface area contributed by atoms with Gasteiger partial charge in [0.05, 0.1) is 12.8 Å². The molecular weight excluding hydrogens is 221 g/mol. The summed E-state index contributed by atoms with van der Waals surface area (Å²) in [5.41, 5.74) is 6.97. The lowest BCUT2D eigenvalue weighted by Gasteiger charge is -2.14. The number of halogens is 1. The molecule has 1 aliphatic heterocycles. The molecular formula is C12H18FN3O. The monoisotopic (exact) mass is 239 g/mol. The summed E-state index contributed by atoms with van der Waals surface area (Å²) >= 11 is 0. The molecule has 0 amide bonds.